The summed E-state index contributed by atoms with van der Waals surface area (Å²) in [6, 6.07) is -1.87. The second-order valence-corrected chi connectivity index (χ2v) is 4.75. The van der Waals surface area contributed by atoms with Crippen molar-refractivity contribution < 1.29 is 24.3 Å². The molecule has 2 saturated heterocycles. The fourth-order valence-electron chi connectivity index (χ4n) is 2.29. The predicted molar refractivity (Wildman–Crippen MR) is 65.7 cm³/mol. The van der Waals surface area contributed by atoms with E-state index in [9.17, 15) is 19.2 Å². The van der Waals surface area contributed by atoms with E-state index >= 15 is 0 Å². The van der Waals surface area contributed by atoms with Crippen molar-refractivity contribution >= 4 is 23.8 Å². The average Bonchev–Trinajstić information content (AvgIpc) is 2.76. The fourth-order valence-corrected chi connectivity index (χ4v) is 2.29. The van der Waals surface area contributed by atoms with Crippen molar-refractivity contribution in [1.82, 2.24) is 20.9 Å². The maximum atomic E-state index is 12.1. The second kappa shape index (κ2) is 5.76. The van der Waals surface area contributed by atoms with Crippen LogP contribution in [0.2, 0.25) is 0 Å². The largest absolute Gasteiger partial charge is 0.481 e. The summed E-state index contributed by atoms with van der Waals surface area (Å²) in [5, 5.41) is 16.6. The smallest absolute Gasteiger partial charge is 0.318 e. The molecule has 0 aliphatic carbocycles. The van der Waals surface area contributed by atoms with Gasteiger partial charge >= 0.3 is 12.0 Å². The summed E-state index contributed by atoms with van der Waals surface area (Å²) in [4.78, 5) is 46.8. The van der Waals surface area contributed by atoms with Crippen molar-refractivity contribution in [3.63, 3.8) is 0 Å². The van der Waals surface area contributed by atoms with Crippen LogP contribution in [0.25, 0.3) is 0 Å². The summed E-state index contributed by atoms with van der Waals surface area (Å²) in [7, 11) is 0. The lowest BCUT2D eigenvalue weighted by Crippen LogP contribution is -2.61. The third kappa shape index (κ3) is 3.16. The van der Waals surface area contributed by atoms with E-state index in [0.717, 1.165) is 0 Å². The zero-order valence-corrected chi connectivity index (χ0v) is 10.7. The van der Waals surface area contributed by atoms with Crippen LogP contribution in [0, 0.1) is 0 Å². The summed E-state index contributed by atoms with van der Waals surface area (Å²) in [6.45, 7) is 0.863. The van der Waals surface area contributed by atoms with Gasteiger partial charge in [0.05, 0.1) is 12.5 Å². The highest BCUT2D eigenvalue weighted by Crippen LogP contribution is 2.10. The standard InChI is InChI=1S/C11H16N4O5/c16-8-3-6(5-13-8)14-11(20)15-2-1-12-10(19)7(15)4-9(17)18/h6-7H,1-5H2,(H,12,19)(H,13,16)(H,14,20)(H,17,18). The summed E-state index contributed by atoms with van der Waals surface area (Å²) in [5.41, 5.74) is 0. The summed E-state index contributed by atoms with van der Waals surface area (Å²) in [5.74, 6) is -1.77. The van der Waals surface area contributed by atoms with Crippen molar-refractivity contribution in [2.75, 3.05) is 19.6 Å². The highest BCUT2D eigenvalue weighted by molar-refractivity contribution is 5.91. The highest BCUT2D eigenvalue weighted by Gasteiger charge is 2.36. The molecule has 2 aliphatic heterocycles. The Hall–Kier alpha value is -2.32. The number of carbonyl (C=O) groups excluding carboxylic acids is 3. The number of piperazine rings is 1. The minimum absolute atomic E-state index is 0.145. The van der Waals surface area contributed by atoms with E-state index in [1.54, 1.807) is 0 Å². The Balaban J connectivity index is 1.99. The van der Waals surface area contributed by atoms with Gasteiger partial charge < -0.3 is 26.0 Å². The summed E-state index contributed by atoms with van der Waals surface area (Å²) >= 11 is 0. The van der Waals surface area contributed by atoms with Gasteiger partial charge in [0.25, 0.3) is 0 Å². The van der Waals surface area contributed by atoms with Gasteiger partial charge in [0.1, 0.15) is 6.04 Å². The first-order valence-corrected chi connectivity index (χ1v) is 6.30. The molecule has 9 nitrogen and oxygen atoms in total. The lowest BCUT2D eigenvalue weighted by atomic mass is 10.1. The SMILES string of the molecule is O=C(O)CC1C(=O)NCCN1C(=O)NC1CNC(=O)C1. The maximum Gasteiger partial charge on any atom is 0.318 e. The number of hydrogen-bond donors (Lipinski definition) is 4. The third-order valence-electron chi connectivity index (χ3n) is 3.26. The van der Waals surface area contributed by atoms with Crippen LogP contribution in [0.15, 0.2) is 0 Å². The van der Waals surface area contributed by atoms with Crippen molar-refractivity contribution in [3.8, 4) is 0 Å². The quantitative estimate of drug-likeness (QED) is 0.470. The first kappa shape index (κ1) is 14.1. The van der Waals surface area contributed by atoms with Gasteiger partial charge in [0.15, 0.2) is 0 Å². The summed E-state index contributed by atoms with van der Waals surface area (Å²) < 4.78 is 0. The van der Waals surface area contributed by atoms with E-state index in [1.807, 2.05) is 0 Å². The lowest BCUT2D eigenvalue weighted by molar-refractivity contribution is -0.142. The van der Waals surface area contributed by atoms with Gasteiger partial charge in [0.2, 0.25) is 11.8 Å². The van der Waals surface area contributed by atoms with Crippen LogP contribution in [-0.4, -0.2) is 65.5 Å². The van der Waals surface area contributed by atoms with E-state index in [2.05, 4.69) is 16.0 Å². The molecule has 2 heterocycles. The molecule has 2 atom stereocenters. The number of amides is 4. The van der Waals surface area contributed by atoms with E-state index < -0.39 is 30.4 Å². The minimum Gasteiger partial charge on any atom is -0.481 e. The molecule has 0 spiro atoms. The zero-order chi connectivity index (χ0) is 14.7. The Bertz CT molecular complexity index is 452. The first-order chi connectivity index (χ1) is 9.47. The third-order valence-corrected chi connectivity index (χ3v) is 3.26. The molecule has 4 N–H and O–H groups in total. The maximum absolute atomic E-state index is 12.1. The van der Waals surface area contributed by atoms with Crippen LogP contribution < -0.4 is 16.0 Å². The number of carboxylic acids is 1. The Morgan fingerprint density at radius 3 is 2.70 bits per heavy atom. The van der Waals surface area contributed by atoms with Crippen molar-refractivity contribution in [2.45, 2.75) is 24.9 Å². The molecule has 0 saturated carbocycles. The minimum atomic E-state index is -1.15. The number of hydrogen-bond acceptors (Lipinski definition) is 4. The zero-order valence-electron chi connectivity index (χ0n) is 10.7. The van der Waals surface area contributed by atoms with Crippen LogP contribution in [0.4, 0.5) is 4.79 Å². The van der Waals surface area contributed by atoms with Gasteiger partial charge in [-0.05, 0) is 0 Å². The number of nitrogens with one attached hydrogen (secondary N) is 3. The molecular formula is C11H16N4O5. The number of aliphatic carboxylic acids is 1. The molecule has 0 aromatic rings. The Morgan fingerprint density at radius 1 is 1.35 bits per heavy atom. The highest BCUT2D eigenvalue weighted by atomic mass is 16.4. The number of urea groups is 1. The molecule has 0 radical (unpaired) electrons. The summed E-state index contributed by atoms with van der Waals surface area (Å²) in [6.07, 6.45) is -0.253. The Morgan fingerprint density at radius 2 is 2.10 bits per heavy atom. The Labute approximate surface area is 114 Å². The van der Waals surface area contributed by atoms with Crippen molar-refractivity contribution in [1.29, 1.82) is 0 Å². The fraction of sp³-hybridized carbons (Fsp3) is 0.636. The average molecular weight is 284 g/mol. The van der Waals surface area contributed by atoms with E-state index in [-0.39, 0.29) is 31.5 Å². The van der Waals surface area contributed by atoms with Gasteiger partial charge in [0, 0.05) is 26.1 Å². The predicted octanol–water partition coefficient (Wildman–Crippen LogP) is -2.14. The molecule has 9 heteroatoms. The number of rotatable bonds is 3. The first-order valence-electron chi connectivity index (χ1n) is 6.30. The monoisotopic (exact) mass is 284 g/mol. The topological polar surface area (TPSA) is 128 Å². The van der Waals surface area contributed by atoms with Gasteiger partial charge in [-0.25, -0.2) is 4.79 Å². The number of carboxylic acid groups (broad SMARTS) is 1. The van der Waals surface area contributed by atoms with Crippen LogP contribution in [0.5, 0.6) is 0 Å². The van der Waals surface area contributed by atoms with E-state index in [4.69, 9.17) is 5.11 Å². The number of nitrogens with zero attached hydrogens (tertiary/aromatic N) is 1. The van der Waals surface area contributed by atoms with Crippen LogP contribution in [-0.2, 0) is 14.4 Å². The molecule has 2 aliphatic rings. The molecule has 0 aromatic carbocycles. The van der Waals surface area contributed by atoms with Crippen LogP contribution in [0.1, 0.15) is 12.8 Å². The molecule has 4 amide bonds. The van der Waals surface area contributed by atoms with E-state index in [0.29, 0.717) is 6.54 Å². The molecule has 2 unspecified atom stereocenters. The number of carbonyl (C=O) groups is 4. The molecule has 0 aromatic heterocycles. The van der Waals surface area contributed by atoms with Crippen LogP contribution in [0.3, 0.4) is 0 Å². The van der Waals surface area contributed by atoms with Crippen molar-refractivity contribution in [3.05, 3.63) is 0 Å². The van der Waals surface area contributed by atoms with E-state index in [1.165, 1.54) is 4.90 Å². The second-order valence-electron chi connectivity index (χ2n) is 4.75. The molecule has 20 heavy (non-hydrogen) atoms. The van der Waals surface area contributed by atoms with Gasteiger partial charge in [-0.2, -0.15) is 0 Å². The normalized spacial score (nSPS) is 25.9. The molecular weight excluding hydrogens is 268 g/mol. The van der Waals surface area contributed by atoms with Crippen molar-refractivity contribution in [2.24, 2.45) is 0 Å². The van der Waals surface area contributed by atoms with Crippen LogP contribution >= 0.6 is 0 Å². The Kier molecular flexibility index (Phi) is 4.06. The molecule has 110 valence electrons. The van der Waals surface area contributed by atoms with Gasteiger partial charge in [-0.15, -0.1) is 0 Å². The molecule has 2 fully saturated rings. The molecule has 0 bridgehead atoms. The van der Waals surface area contributed by atoms with Gasteiger partial charge in [-0.3, -0.25) is 14.4 Å². The van der Waals surface area contributed by atoms with Gasteiger partial charge in [-0.1, -0.05) is 0 Å². The lowest BCUT2D eigenvalue weighted by Gasteiger charge is -2.34. The molecule has 2 rings (SSSR count).